The Kier molecular flexibility index (Phi) is 3.95. The van der Waals surface area contributed by atoms with Gasteiger partial charge in [-0.2, -0.15) is 0 Å². The number of sulfone groups is 1. The number of aryl methyl sites for hydroxylation is 1. The van der Waals surface area contributed by atoms with E-state index in [4.69, 9.17) is 5.73 Å². The van der Waals surface area contributed by atoms with Crippen LogP contribution in [0.1, 0.15) is 37.7 Å². The maximum absolute atomic E-state index is 12.4. The quantitative estimate of drug-likeness (QED) is 0.857. The number of hydrogen-bond donors (Lipinski definition) is 1. The lowest BCUT2D eigenvalue weighted by Gasteiger charge is -2.21. The minimum Gasteiger partial charge on any atom is -0.398 e. The van der Waals surface area contributed by atoms with Gasteiger partial charge in [0.1, 0.15) is 0 Å². The van der Waals surface area contributed by atoms with E-state index >= 15 is 0 Å². The molecule has 0 atom stereocenters. The first-order valence-corrected chi connectivity index (χ1v) is 8.23. The Bertz CT molecular complexity index is 517. The van der Waals surface area contributed by atoms with Crippen LogP contribution in [0.5, 0.6) is 0 Å². The summed E-state index contributed by atoms with van der Waals surface area (Å²) in [6.45, 7) is 1.89. The van der Waals surface area contributed by atoms with Crippen LogP contribution in [0, 0.1) is 12.8 Å². The average Bonchev–Trinajstić information content (AvgIpc) is 2.33. The van der Waals surface area contributed by atoms with Crippen molar-refractivity contribution in [3.8, 4) is 0 Å². The molecule has 0 aromatic heterocycles. The van der Waals surface area contributed by atoms with Crippen molar-refractivity contribution in [3.05, 3.63) is 23.8 Å². The molecule has 1 fully saturated rings. The van der Waals surface area contributed by atoms with Gasteiger partial charge in [-0.05, 0) is 43.4 Å². The second kappa shape index (κ2) is 5.31. The fourth-order valence-electron chi connectivity index (χ4n) is 2.66. The highest BCUT2D eigenvalue weighted by Gasteiger charge is 2.24. The van der Waals surface area contributed by atoms with Gasteiger partial charge in [0, 0.05) is 0 Å². The molecule has 100 valence electrons. The molecular formula is C14H21NO2S. The SMILES string of the molecule is Cc1ccc(N)c(S(=O)(=O)CC2CCCCC2)c1. The predicted molar refractivity (Wildman–Crippen MR) is 74.2 cm³/mol. The fraction of sp³-hybridized carbons (Fsp3) is 0.571. The van der Waals surface area contributed by atoms with E-state index in [1.807, 2.05) is 13.0 Å². The first kappa shape index (κ1) is 13.4. The van der Waals surface area contributed by atoms with Crippen LogP contribution >= 0.6 is 0 Å². The standard InChI is InChI=1S/C14H21NO2S/c1-11-7-8-13(15)14(9-11)18(16,17)10-12-5-3-2-4-6-12/h7-9,12H,2-6,10,15H2,1H3. The van der Waals surface area contributed by atoms with Gasteiger partial charge in [0.15, 0.2) is 9.84 Å². The highest BCUT2D eigenvalue weighted by molar-refractivity contribution is 7.91. The van der Waals surface area contributed by atoms with Crippen molar-refractivity contribution in [2.45, 2.75) is 43.9 Å². The molecule has 0 unspecified atom stereocenters. The van der Waals surface area contributed by atoms with Crippen molar-refractivity contribution in [1.29, 1.82) is 0 Å². The van der Waals surface area contributed by atoms with E-state index in [0.717, 1.165) is 31.2 Å². The molecule has 1 aliphatic carbocycles. The van der Waals surface area contributed by atoms with E-state index in [-0.39, 0.29) is 5.75 Å². The second-order valence-electron chi connectivity index (χ2n) is 5.33. The lowest BCUT2D eigenvalue weighted by Crippen LogP contribution is -2.19. The summed E-state index contributed by atoms with van der Waals surface area (Å²) in [7, 11) is -3.24. The van der Waals surface area contributed by atoms with Crippen LogP contribution < -0.4 is 5.73 Å². The van der Waals surface area contributed by atoms with E-state index in [1.54, 1.807) is 12.1 Å². The molecule has 0 bridgehead atoms. The molecule has 0 spiro atoms. The van der Waals surface area contributed by atoms with Crippen molar-refractivity contribution in [2.75, 3.05) is 11.5 Å². The van der Waals surface area contributed by atoms with Gasteiger partial charge in [-0.3, -0.25) is 0 Å². The van der Waals surface area contributed by atoms with Crippen molar-refractivity contribution in [1.82, 2.24) is 0 Å². The molecule has 0 amide bonds. The van der Waals surface area contributed by atoms with E-state index in [9.17, 15) is 8.42 Å². The van der Waals surface area contributed by atoms with Gasteiger partial charge < -0.3 is 5.73 Å². The lowest BCUT2D eigenvalue weighted by atomic mass is 9.91. The molecule has 3 nitrogen and oxygen atoms in total. The van der Waals surface area contributed by atoms with Crippen LogP contribution in [0.25, 0.3) is 0 Å². The third-order valence-electron chi connectivity index (χ3n) is 3.68. The summed E-state index contributed by atoms with van der Waals surface area (Å²) in [4.78, 5) is 0.313. The van der Waals surface area contributed by atoms with Crippen molar-refractivity contribution in [2.24, 2.45) is 5.92 Å². The Labute approximate surface area is 109 Å². The molecule has 0 heterocycles. The van der Waals surface area contributed by atoms with Gasteiger partial charge in [0.25, 0.3) is 0 Å². The molecule has 2 rings (SSSR count). The number of rotatable bonds is 3. The molecule has 18 heavy (non-hydrogen) atoms. The minimum absolute atomic E-state index is 0.251. The minimum atomic E-state index is -3.24. The van der Waals surface area contributed by atoms with E-state index in [0.29, 0.717) is 16.5 Å². The largest absolute Gasteiger partial charge is 0.398 e. The molecule has 0 aliphatic heterocycles. The molecule has 1 saturated carbocycles. The maximum atomic E-state index is 12.4. The summed E-state index contributed by atoms with van der Waals surface area (Å²) in [5.74, 6) is 0.560. The molecule has 0 saturated heterocycles. The third-order valence-corrected chi connectivity index (χ3v) is 5.62. The van der Waals surface area contributed by atoms with E-state index in [2.05, 4.69) is 0 Å². The highest BCUT2D eigenvalue weighted by Crippen LogP contribution is 2.29. The van der Waals surface area contributed by atoms with Crippen molar-refractivity contribution in [3.63, 3.8) is 0 Å². The topological polar surface area (TPSA) is 60.2 Å². The molecule has 0 radical (unpaired) electrons. The molecule has 4 heteroatoms. The lowest BCUT2D eigenvalue weighted by molar-refractivity contribution is 0.385. The smallest absolute Gasteiger partial charge is 0.180 e. The highest BCUT2D eigenvalue weighted by atomic mass is 32.2. The number of nitrogen functional groups attached to an aromatic ring is 1. The molecule has 2 N–H and O–H groups in total. The van der Waals surface area contributed by atoms with E-state index < -0.39 is 9.84 Å². The monoisotopic (exact) mass is 267 g/mol. The van der Waals surface area contributed by atoms with Gasteiger partial charge in [-0.1, -0.05) is 25.3 Å². The Morgan fingerprint density at radius 3 is 2.56 bits per heavy atom. The first-order valence-electron chi connectivity index (χ1n) is 6.58. The normalized spacial score (nSPS) is 17.8. The van der Waals surface area contributed by atoms with Crippen LogP contribution in [0.4, 0.5) is 5.69 Å². The number of anilines is 1. The fourth-order valence-corrected chi connectivity index (χ4v) is 4.59. The van der Waals surface area contributed by atoms with Gasteiger partial charge in [0.2, 0.25) is 0 Å². The zero-order chi connectivity index (χ0) is 13.2. The number of benzene rings is 1. The van der Waals surface area contributed by atoms with Gasteiger partial charge in [-0.15, -0.1) is 0 Å². The van der Waals surface area contributed by atoms with Crippen LogP contribution in [0.3, 0.4) is 0 Å². The zero-order valence-electron chi connectivity index (χ0n) is 10.9. The van der Waals surface area contributed by atoms with Crippen LogP contribution in [0.15, 0.2) is 23.1 Å². The summed E-state index contributed by atoms with van der Waals surface area (Å²) < 4.78 is 24.8. The Balaban J connectivity index is 2.21. The van der Waals surface area contributed by atoms with Gasteiger partial charge >= 0.3 is 0 Å². The van der Waals surface area contributed by atoms with Crippen LogP contribution in [-0.4, -0.2) is 14.2 Å². The van der Waals surface area contributed by atoms with Crippen LogP contribution in [-0.2, 0) is 9.84 Å². The Morgan fingerprint density at radius 2 is 1.89 bits per heavy atom. The summed E-state index contributed by atoms with van der Waals surface area (Å²) in [5.41, 5.74) is 7.11. The second-order valence-corrected chi connectivity index (χ2v) is 7.33. The average molecular weight is 267 g/mol. The Morgan fingerprint density at radius 1 is 1.22 bits per heavy atom. The molecule has 1 aromatic carbocycles. The summed E-state index contributed by atoms with van der Waals surface area (Å²) in [6.07, 6.45) is 5.62. The number of hydrogen-bond acceptors (Lipinski definition) is 3. The van der Waals surface area contributed by atoms with Crippen molar-refractivity contribution < 1.29 is 8.42 Å². The maximum Gasteiger partial charge on any atom is 0.180 e. The summed E-state index contributed by atoms with van der Waals surface area (Å²) >= 11 is 0. The van der Waals surface area contributed by atoms with Gasteiger partial charge in [0.05, 0.1) is 16.3 Å². The van der Waals surface area contributed by atoms with Gasteiger partial charge in [-0.25, -0.2) is 8.42 Å². The first-order chi connectivity index (χ1) is 8.49. The number of nitrogens with two attached hydrogens (primary N) is 1. The van der Waals surface area contributed by atoms with Crippen LogP contribution in [0.2, 0.25) is 0 Å². The molecule has 1 aliphatic rings. The van der Waals surface area contributed by atoms with Crippen molar-refractivity contribution >= 4 is 15.5 Å². The summed E-state index contributed by atoms with van der Waals surface area (Å²) in [5, 5.41) is 0. The molecular weight excluding hydrogens is 246 g/mol. The third kappa shape index (κ3) is 3.05. The van der Waals surface area contributed by atoms with E-state index in [1.165, 1.54) is 6.42 Å². The Hall–Kier alpha value is -1.03. The zero-order valence-corrected chi connectivity index (χ0v) is 11.7. The molecule has 1 aromatic rings. The summed E-state index contributed by atoms with van der Waals surface area (Å²) in [6, 6.07) is 5.21. The predicted octanol–water partition coefficient (Wildman–Crippen LogP) is 2.93.